The minimum atomic E-state index is -0.242. The van der Waals surface area contributed by atoms with Gasteiger partial charge in [-0.2, -0.15) is 0 Å². The van der Waals surface area contributed by atoms with Gasteiger partial charge in [0.15, 0.2) is 0 Å². The van der Waals surface area contributed by atoms with Crippen LogP contribution in [0.4, 0.5) is 10.6 Å². The van der Waals surface area contributed by atoms with Crippen molar-refractivity contribution < 1.29 is 4.79 Å². The molecule has 2 heterocycles. The van der Waals surface area contributed by atoms with Crippen LogP contribution in [0.5, 0.6) is 0 Å². The van der Waals surface area contributed by atoms with E-state index in [-0.39, 0.29) is 16.9 Å². The number of nitrogens with zero attached hydrogens (tertiary/aromatic N) is 3. The highest BCUT2D eigenvalue weighted by Gasteiger charge is 2.36. The van der Waals surface area contributed by atoms with Gasteiger partial charge in [0.2, 0.25) is 5.28 Å². The summed E-state index contributed by atoms with van der Waals surface area (Å²) in [7, 11) is 0. The molecule has 0 atom stereocenters. The van der Waals surface area contributed by atoms with Gasteiger partial charge in [-0.05, 0) is 31.5 Å². The number of urea groups is 1. The first-order chi connectivity index (χ1) is 6.98. The van der Waals surface area contributed by atoms with Crippen molar-refractivity contribution in [3.05, 3.63) is 17.5 Å². The lowest BCUT2D eigenvalue weighted by Crippen LogP contribution is -2.36. The summed E-state index contributed by atoms with van der Waals surface area (Å²) in [6.45, 7) is 4.47. The van der Waals surface area contributed by atoms with Gasteiger partial charge in [-0.25, -0.2) is 14.8 Å². The van der Waals surface area contributed by atoms with Gasteiger partial charge in [-0.3, -0.25) is 4.90 Å². The molecule has 5 nitrogen and oxygen atoms in total. The molecular formula is C9H11ClN4O. The molecule has 1 aliphatic heterocycles. The molecule has 15 heavy (non-hydrogen) atoms. The molecule has 2 amide bonds. The molecule has 0 aliphatic carbocycles. The van der Waals surface area contributed by atoms with Crippen molar-refractivity contribution in [3.63, 3.8) is 0 Å². The van der Waals surface area contributed by atoms with Crippen LogP contribution < -0.4 is 10.2 Å². The van der Waals surface area contributed by atoms with E-state index >= 15 is 0 Å². The molecule has 0 aromatic carbocycles. The summed E-state index contributed by atoms with van der Waals surface area (Å²) in [6, 6.07) is 1.50. The fraction of sp³-hybridized carbons (Fsp3) is 0.444. The number of nitrogens with one attached hydrogen (secondary N) is 1. The Kier molecular flexibility index (Phi) is 2.26. The zero-order valence-electron chi connectivity index (χ0n) is 8.49. The van der Waals surface area contributed by atoms with Gasteiger partial charge in [0, 0.05) is 6.20 Å². The Balaban J connectivity index is 2.29. The maximum Gasteiger partial charge on any atom is 0.323 e. The molecule has 1 aliphatic rings. The lowest BCUT2D eigenvalue weighted by atomic mass is 10.1. The summed E-state index contributed by atoms with van der Waals surface area (Å²) in [6.07, 6.45) is 1.53. The van der Waals surface area contributed by atoms with Crippen LogP contribution in [0.2, 0.25) is 5.28 Å². The molecule has 6 heteroatoms. The van der Waals surface area contributed by atoms with Crippen molar-refractivity contribution in [1.82, 2.24) is 15.3 Å². The maximum atomic E-state index is 11.6. The SMILES string of the molecule is CC1(C)CN(c2ccnc(Cl)n2)C(=O)N1. The van der Waals surface area contributed by atoms with Gasteiger partial charge < -0.3 is 5.32 Å². The molecule has 1 aromatic rings. The first-order valence-electron chi connectivity index (χ1n) is 4.56. The predicted octanol–water partition coefficient (Wildman–Crippen LogP) is 1.44. The van der Waals surface area contributed by atoms with E-state index in [1.807, 2.05) is 13.8 Å². The summed E-state index contributed by atoms with van der Waals surface area (Å²) in [5, 5.41) is 2.99. The van der Waals surface area contributed by atoms with Crippen LogP contribution in [-0.4, -0.2) is 28.1 Å². The second-order valence-corrected chi connectivity index (χ2v) is 4.42. The highest BCUT2D eigenvalue weighted by atomic mass is 35.5. The summed E-state index contributed by atoms with van der Waals surface area (Å²) in [5.74, 6) is 0.526. The van der Waals surface area contributed by atoms with E-state index in [0.29, 0.717) is 12.4 Å². The topological polar surface area (TPSA) is 58.1 Å². The fourth-order valence-corrected chi connectivity index (χ4v) is 1.67. The second-order valence-electron chi connectivity index (χ2n) is 4.08. The predicted molar refractivity (Wildman–Crippen MR) is 57.0 cm³/mol. The van der Waals surface area contributed by atoms with Crippen molar-refractivity contribution in [3.8, 4) is 0 Å². The highest BCUT2D eigenvalue weighted by Crippen LogP contribution is 2.21. The molecule has 0 unspecified atom stereocenters. The van der Waals surface area contributed by atoms with E-state index in [0.717, 1.165) is 0 Å². The van der Waals surface area contributed by atoms with Crippen LogP contribution in [0.15, 0.2) is 12.3 Å². The Bertz CT molecular complexity index is 407. The Morgan fingerprint density at radius 3 is 2.87 bits per heavy atom. The van der Waals surface area contributed by atoms with Crippen molar-refractivity contribution in [1.29, 1.82) is 0 Å². The zero-order valence-corrected chi connectivity index (χ0v) is 9.25. The number of amides is 2. The number of hydrogen-bond donors (Lipinski definition) is 1. The Morgan fingerprint density at radius 2 is 2.33 bits per heavy atom. The van der Waals surface area contributed by atoms with Crippen LogP contribution in [0.3, 0.4) is 0 Å². The molecule has 2 rings (SSSR count). The average molecular weight is 227 g/mol. The van der Waals surface area contributed by atoms with Crippen molar-refractivity contribution >= 4 is 23.4 Å². The highest BCUT2D eigenvalue weighted by molar-refractivity contribution is 6.28. The number of rotatable bonds is 1. The Labute approximate surface area is 92.5 Å². The monoisotopic (exact) mass is 226 g/mol. The lowest BCUT2D eigenvalue weighted by molar-refractivity contribution is 0.248. The zero-order chi connectivity index (χ0) is 11.1. The normalized spacial score (nSPS) is 19.1. The van der Waals surface area contributed by atoms with E-state index in [9.17, 15) is 4.79 Å². The van der Waals surface area contributed by atoms with Crippen molar-refractivity contribution in [2.45, 2.75) is 19.4 Å². The van der Waals surface area contributed by atoms with Crippen molar-refractivity contribution in [2.75, 3.05) is 11.4 Å². The molecule has 0 radical (unpaired) electrons. The first-order valence-corrected chi connectivity index (χ1v) is 4.94. The number of halogens is 1. The average Bonchev–Trinajstić information content (AvgIpc) is 2.40. The third-order valence-electron chi connectivity index (χ3n) is 2.13. The van der Waals surface area contributed by atoms with Crippen LogP contribution in [-0.2, 0) is 0 Å². The van der Waals surface area contributed by atoms with Gasteiger partial charge in [-0.15, -0.1) is 0 Å². The van der Waals surface area contributed by atoms with Crippen LogP contribution in [0, 0.1) is 0 Å². The molecule has 0 bridgehead atoms. The summed E-state index contributed by atoms with van der Waals surface area (Å²) < 4.78 is 0. The van der Waals surface area contributed by atoms with Gasteiger partial charge >= 0.3 is 6.03 Å². The summed E-state index contributed by atoms with van der Waals surface area (Å²) >= 11 is 5.66. The number of aromatic nitrogens is 2. The summed E-state index contributed by atoms with van der Waals surface area (Å²) in [5.41, 5.74) is -0.242. The lowest BCUT2D eigenvalue weighted by Gasteiger charge is -2.16. The molecule has 1 aromatic heterocycles. The van der Waals surface area contributed by atoms with Gasteiger partial charge in [0.1, 0.15) is 5.82 Å². The summed E-state index contributed by atoms with van der Waals surface area (Å²) in [4.78, 5) is 20.9. The van der Waals surface area contributed by atoms with Crippen LogP contribution >= 0.6 is 11.6 Å². The van der Waals surface area contributed by atoms with E-state index in [2.05, 4.69) is 15.3 Å². The largest absolute Gasteiger partial charge is 0.331 e. The molecule has 80 valence electrons. The minimum Gasteiger partial charge on any atom is -0.331 e. The molecule has 0 saturated carbocycles. The van der Waals surface area contributed by atoms with Crippen LogP contribution in [0.1, 0.15) is 13.8 Å². The Morgan fingerprint density at radius 1 is 1.60 bits per heavy atom. The Hall–Kier alpha value is -1.36. The number of hydrogen-bond acceptors (Lipinski definition) is 3. The standard InChI is InChI=1S/C9H11ClN4O/c1-9(2)5-14(8(15)13-9)6-3-4-11-7(10)12-6/h3-4H,5H2,1-2H3,(H,13,15). The first kappa shape index (κ1) is 10.2. The fourth-order valence-electron chi connectivity index (χ4n) is 1.53. The second kappa shape index (κ2) is 3.34. The quantitative estimate of drug-likeness (QED) is 0.738. The third-order valence-corrected chi connectivity index (χ3v) is 2.31. The maximum absolute atomic E-state index is 11.6. The van der Waals surface area contributed by atoms with E-state index in [1.54, 1.807) is 11.0 Å². The van der Waals surface area contributed by atoms with Gasteiger partial charge in [0.25, 0.3) is 0 Å². The number of anilines is 1. The molecule has 0 spiro atoms. The number of carbonyl (C=O) groups excluding carboxylic acids is 1. The molecular weight excluding hydrogens is 216 g/mol. The minimum absolute atomic E-state index is 0.144. The smallest absolute Gasteiger partial charge is 0.323 e. The molecule has 1 saturated heterocycles. The van der Waals surface area contributed by atoms with Crippen LogP contribution in [0.25, 0.3) is 0 Å². The third kappa shape index (κ3) is 2.02. The molecule has 1 N–H and O–H groups in total. The van der Waals surface area contributed by atoms with Gasteiger partial charge in [0.05, 0.1) is 12.1 Å². The van der Waals surface area contributed by atoms with E-state index in [4.69, 9.17) is 11.6 Å². The molecule has 1 fully saturated rings. The van der Waals surface area contributed by atoms with Crippen molar-refractivity contribution in [2.24, 2.45) is 0 Å². The van der Waals surface area contributed by atoms with Gasteiger partial charge in [-0.1, -0.05) is 0 Å². The number of carbonyl (C=O) groups is 1. The van der Waals surface area contributed by atoms with E-state index in [1.165, 1.54) is 6.20 Å². The van der Waals surface area contributed by atoms with E-state index < -0.39 is 0 Å².